The van der Waals surface area contributed by atoms with Crippen molar-refractivity contribution in [3.63, 3.8) is 0 Å². The number of nitrogens with one attached hydrogen (secondary N) is 1. The maximum Gasteiger partial charge on any atom is 0.288 e. The second-order valence-electron chi connectivity index (χ2n) is 4.61. The van der Waals surface area contributed by atoms with Crippen LogP contribution in [0, 0.1) is 0 Å². The third-order valence-electron chi connectivity index (χ3n) is 2.84. The first-order valence-corrected chi connectivity index (χ1v) is 8.39. The molecule has 122 valence electrons. The van der Waals surface area contributed by atoms with E-state index in [9.17, 15) is 13.6 Å². The maximum absolute atomic E-state index is 12.2. The monoisotopic (exact) mass is 401 g/mol. The fraction of sp³-hybridized carbons (Fsp3) is 0.188. The molecule has 1 unspecified atom stereocenters. The van der Waals surface area contributed by atoms with Gasteiger partial charge in [-0.15, -0.1) is 0 Å². The van der Waals surface area contributed by atoms with Gasteiger partial charge in [0.2, 0.25) is 0 Å². The van der Waals surface area contributed by atoms with Crippen molar-refractivity contribution in [2.45, 2.75) is 23.7 Å². The van der Waals surface area contributed by atoms with Gasteiger partial charge in [0.05, 0.1) is 0 Å². The van der Waals surface area contributed by atoms with E-state index in [4.69, 9.17) is 4.74 Å². The average molecular weight is 402 g/mol. The second kappa shape index (κ2) is 8.31. The smallest absolute Gasteiger partial charge is 0.288 e. The lowest BCUT2D eigenvalue weighted by molar-refractivity contribution is -0.122. The Morgan fingerprint density at radius 3 is 2.30 bits per heavy atom. The molecule has 0 aliphatic rings. The summed E-state index contributed by atoms with van der Waals surface area (Å²) in [5.74, 6) is -2.20. The summed E-state index contributed by atoms with van der Waals surface area (Å²) in [5.41, 5.74) is 0.528. The van der Waals surface area contributed by atoms with Crippen LogP contribution < -0.4 is 10.1 Å². The number of ether oxygens (including phenoxy) is 1. The number of hydrogen-bond donors (Lipinski definition) is 1. The number of rotatable bonds is 6. The molecule has 0 saturated heterocycles. The largest absolute Gasteiger partial charge is 0.481 e. The molecule has 1 atom stereocenters. The number of amides is 1. The first-order valence-electron chi connectivity index (χ1n) is 6.72. The number of benzene rings is 2. The average Bonchev–Trinajstić information content (AvgIpc) is 2.51. The Hall–Kier alpha value is -1.60. The topological polar surface area (TPSA) is 38.3 Å². The quantitative estimate of drug-likeness (QED) is 0.678. The van der Waals surface area contributed by atoms with Crippen molar-refractivity contribution in [2.75, 3.05) is 5.32 Å². The highest BCUT2D eigenvalue weighted by atomic mass is 79.9. The van der Waals surface area contributed by atoms with E-state index in [1.165, 1.54) is 12.1 Å². The van der Waals surface area contributed by atoms with Crippen LogP contribution in [-0.4, -0.2) is 17.8 Å². The number of carbonyl (C=O) groups is 1. The summed E-state index contributed by atoms with van der Waals surface area (Å²) in [6, 6.07) is 13.4. The molecule has 2 aromatic carbocycles. The molecular weight excluding hydrogens is 388 g/mol. The van der Waals surface area contributed by atoms with Gasteiger partial charge in [0.25, 0.3) is 11.7 Å². The zero-order chi connectivity index (χ0) is 16.8. The molecule has 1 N–H and O–H groups in total. The zero-order valence-electron chi connectivity index (χ0n) is 12.1. The molecule has 0 radical (unpaired) electrons. The molecular formula is C16H14BrF2NO2S. The highest BCUT2D eigenvalue weighted by Gasteiger charge is 2.15. The molecule has 0 saturated carbocycles. The van der Waals surface area contributed by atoms with Gasteiger partial charge in [-0.25, -0.2) is 0 Å². The van der Waals surface area contributed by atoms with Crippen molar-refractivity contribution in [3.8, 4) is 5.75 Å². The first-order chi connectivity index (χ1) is 10.9. The van der Waals surface area contributed by atoms with Gasteiger partial charge in [-0.05, 0) is 55.5 Å². The zero-order valence-corrected chi connectivity index (χ0v) is 14.5. The number of alkyl halides is 2. The summed E-state index contributed by atoms with van der Waals surface area (Å²) in [6.45, 7) is 1.64. The molecule has 0 spiro atoms. The predicted octanol–water partition coefficient (Wildman–Crippen LogP) is 5.17. The number of anilines is 1. The van der Waals surface area contributed by atoms with E-state index in [1.54, 1.807) is 31.2 Å². The molecule has 2 rings (SSSR count). The maximum atomic E-state index is 12.2. The van der Waals surface area contributed by atoms with Gasteiger partial charge in [0.15, 0.2) is 6.10 Å². The minimum Gasteiger partial charge on any atom is -0.481 e. The fourth-order valence-electron chi connectivity index (χ4n) is 1.73. The van der Waals surface area contributed by atoms with Crippen molar-refractivity contribution in [1.82, 2.24) is 0 Å². The Kier molecular flexibility index (Phi) is 6.41. The van der Waals surface area contributed by atoms with Crippen molar-refractivity contribution < 1.29 is 18.3 Å². The van der Waals surface area contributed by atoms with E-state index < -0.39 is 11.9 Å². The number of hydrogen-bond acceptors (Lipinski definition) is 3. The van der Waals surface area contributed by atoms with E-state index in [-0.39, 0.29) is 5.91 Å². The van der Waals surface area contributed by atoms with Crippen molar-refractivity contribution in [1.29, 1.82) is 0 Å². The number of halogens is 3. The van der Waals surface area contributed by atoms with Gasteiger partial charge in [0, 0.05) is 15.1 Å². The van der Waals surface area contributed by atoms with E-state index in [0.29, 0.717) is 28.1 Å². The van der Waals surface area contributed by atoms with Crippen molar-refractivity contribution in [2.24, 2.45) is 0 Å². The van der Waals surface area contributed by atoms with Crippen LogP contribution >= 0.6 is 27.7 Å². The Morgan fingerprint density at radius 1 is 1.13 bits per heavy atom. The van der Waals surface area contributed by atoms with Gasteiger partial charge in [-0.3, -0.25) is 4.79 Å². The van der Waals surface area contributed by atoms with E-state index in [2.05, 4.69) is 21.2 Å². The summed E-state index contributed by atoms with van der Waals surface area (Å²) in [5, 5.41) is 2.68. The highest BCUT2D eigenvalue weighted by molar-refractivity contribution is 9.10. The van der Waals surface area contributed by atoms with Gasteiger partial charge in [-0.1, -0.05) is 27.7 Å². The number of thioether (sulfide) groups is 1. The molecule has 0 aliphatic carbocycles. The summed E-state index contributed by atoms with van der Waals surface area (Å²) < 4.78 is 30.9. The van der Waals surface area contributed by atoms with Crippen molar-refractivity contribution >= 4 is 39.3 Å². The lowest BCUT2D eigenvalue weighted by Gasteiger charge is -2.15. The van der Waals surface area contributed by atoms with E-state index in [1.807, 2.05) is 12.1 Å². The molecule has 23 heavy (non-hydrogen) atoms. The Balaban J connectivity index is 1.91. The second-order valence-corrected chi connectivity index (χ2v) is 6.59. The highest BCUT2D eigenvalue weighted by Crippen LogP contribution is 2.26. The molecule has 0 bridgehead atoms. The first kappa shape index (κ1) is 17.7. The minimum atomic E-state index is -2.46. The van der Waals surface area contributed by atoms with Crippen LogP contribution in [0.15, 0.2) is 57.9 Å². The lowest BCUT2D eigenvalue weighted by Crippen LogP contribution is -2.30. The standard InChI is InChI=1S/C16H14BrF2NO2S/c1-10(22-13-6-2-11(17)3-7-13)15(21)20-12-4-8-14(9-5-12)23-16(18)19/h2-10,16H,1H3,(H,20,21). The fourth-order valence-corrected chi connectivity index (χ4v) is 2.50. The van der Waals surface area contributed by atoms with Crippen LogP contribution in [0.25, 0.3) is 0 Å². The molecule has 0 aromatic heterocycles. The van der Waals surface area contributed by atoms with Gasteiger partial charge in [-0.2, -0.15) is 8.78 Å². The van der Waals surface area contributed by atoms with Gasteiger partial charge in [0.1, 0.15) is 5.75 Å². The van der Waals surface area contributed by atoms with Gasteiger partial charge >= 0.3 is 0 Å². The molecule has 2 aromatic rings. The van der Waals surface area contributed by atoms with Crippen LogP contribution in [0.1, 0.15) is 6.92 Å². The molecule has 0 fully saturated rings. The normalized spacial score (nSPS) is 12.0. The summed E-state index contributed by atoms with van der Waals surface area (Å²) in [4.78, 5) is 12.5. The Morgan fingerprint density at radius 2 is 1.74 bits per heavy atom. The lowest BCUT2D eigenvalue weighted by atomic mass is 10.3. The predicted molar refractivity (Wildman–Crippen MR) is 91.2 cm³/mol. The van der Waals surface area contributed by atoms with Crippen LogP contribution in [0.2, 0.25) is 0 Å². The van der Waals surface area contributed by atoms with Crippen LogP contribution in [0.3, 0.4) is 0 Å². The molecule has 1 amide bonds. The summed E-state index contributed by atoms with van der Waals surface area (Å²) >= 11 is 3.78. The molecule has 3 nitrogen and oxygen atoms in total. The third kappa shape index (κ3) is 5.84. The third-order valence-corrected chi connectivity index (χ3v) is 4.09. The summed E-state index contributed by atoms with van der Waals surface area (Å²) in [7, 11) is 0. The number of carbonyl (C=O) groups excluding carboxylic acids is 1. The van der Waals surface area contributed by atoms with Crippen LogP contribution in [0.4, 0.5) is 14.5 Å². The SMILES string of the molecule is CC(Oc1ccc(Br)cc1)C(=O)Nc1ccc(SC(F)F)cc1. The van der Waals surface area contributed by atoms with E-state index in [0.717, 1.165) is 4.47 Å². The van der Waals surface area contributed by atoms with E-state index >= 15 is 0 Å². The summed E-state index contributed by atoms with van der Waals surface area (Å²) in [6.07, 6.45) is -0.689. The Bertz CT molecular complexity index is 650. The molecule has 0 heterocycles. The van der Waals surface area contributed by atoms with Crippen LogP contribution in [0.5, 0.6) is 5.75 Å². The molecule has 7 heteroatoms. The van der Waals surface area contributed by atoms with Crippen LogP contribution in [-0.2, 0) is 4.79 Å². The molecule has 0 aliphatic heterocycles. The Labute approximate surface area is 145 Å². The van der Waals surface area contributed by atoms with Crippen molar-refractivity contribution in [3.05, 3.63) is 53.0 Å². The van der Waals surface area contributed by atoms with Gasteiger partial charge < -0.3 is 10.1 Å². The minimum absolute atomic E-state index is 0.317.